The summed E-state index contributed by atoms with van der Waals surface area (Å²) >= 11 is 11.9. The zero-order valence-corrected chi connectivity index (χ0v) is 14.1. The van der Waals surface area contributed by atoms with Crippen molar-refractivity contribution in [2.75, 3.05) is 20.3 Å². The number of amides is 2. The number of carbonyl (C=O) groups is 2. The Kier molecular flexibility index (Phi) is 5.98. The molecule has 1 aromatic rings. The molecule has 6 nitrogen and oxygen atoms in total. The van der Waals surface area contributed by atoms with Crippen LogP contribution in [-0.2, 0) is 14.3 Å². The molecule has 0 fully saturated rings. The number of esters is 1. The maximum Gasteiger partial charge on any atom is 0.341 e. The number of rotatable bonds is 5. The average Bonchev–Trinajstić information content (AvgIpc) is 2.49. The first-order valence-corrected chi connectivity index (χ1v) is 7.66. The van der Waals surface area contributed by atoms with E-state index in [1.165, 1.54) is 7.11 Å². The van der Waals surface area contributed by atoms with Gasteiger partial charge in [0.25, 0.3) is 0 Å². The Morgan fingerprint density at radius 2 is 2.04 bits per heavy atom. The summed E-state index contributed by atoms with van der Waals surface area (Å²) in [6.45, 7) is 2.03. The van der Waals surface area contributed by atoms with Crippen molar-refractivity contribution in [2.45, 2.75) is 13.0 Å². The third-order valence-electron chi connectivity index (χ3n) is 3.43. The molecule has 124 valence electrons. The lowest BCUT2D eigenvalue weighted by molar-refractivity contribution is -0.148. The Labute approximate surface area is 143 Å². The Balaban J connectivity index is 2.30. The molecule has 1 aromatic carbocycles. The molecule has 1 aliphatic heterocycles. The van der Waals surface area contributed by atoms with Gasteiger partial charge in [-0.05, 0) is 24.6 Å². The maximum atomic E-state index is 12.4. The summed E-state index contributed by atoms with van der Waals surface area (Å²) in [6.07, 6.45) is 0. The molecule has 2 atom stereocenters. The third kappa shape index (κ3) is 4.22. The molecule has 23 heavy (non-hydrogen) atoms. The summed E-state index contributed by atoms with van der Waals surface area (Å²) in [6, 6.07) is 3.79. The van der Waals surface area contributed by atoms with Crippen LogP contribution >= 0.6 is 23.2 Å². The Morgan fingerprint density at radius 1 is 1.30 bits per heavy atom. The van der Waals surface area contributed by atoms with Crippen molar-refractivity contribution in [2.24, 2.45) is 10.9 Å². The van der Waals surface area contributed by atoms with Crippen molar-refractivity contribution >= 4 is 40.9 Å². The highest BCUT2D eigenvalue weighted by Gasteiger charge is 2.38. The fourth-order valence-corrected chi connectivity index (χ4v) is 2.63. The van der Waals surface area contributed by atoms with Gasteiger partial charge in [-0.2, -0.15) is 0 Å². The van der Waals surface area contributed by atoms with Crippen molar-refractivity contribution in [1.82, 2.24) is 5.32 Å². The zero-order chi connectivity index (χ0) is 17.0. The number of nitrogens with one attached hydrogen (secondary N) is 1. The van der Waals surface area contributed by atoms with Gasteiger partial charge in [-0.1, -0.05) is 29.3 Å². The van der Waals surface area contributed by atoms with E-state index >= 15 is 0 Å². The van der Waals surface area contributed by atoms with Gasteiger partial charge in [-0.25, -0.2) is 9.79 Å². The zero-order valence-electron chi connectivity index (χ0n) is 12.6. The van der Waals surface area contributed by atoms with E-state index in [2.05, 4.69) is 10.3 Å². The van der Waals surface area contributed by atoms with Crippen LogP contribution in [0.15, 0.2) is 23.2 Å². The second-order valence-corrected chi connectivity index (χ2v) is 5.81. The minimum Gasteiger partial charge on any atom is -0.463 e. The van der Waals surface area contributed by atoms with Crippen LogP contribution in [0, 0.1) is 5.92 Å². The first-order valence-electron chi connectivity index (χ1n) is 6.90. The minimum atomic E-state index is -0.734. The SMILES string of the molecule is COCCOC(=O)C1C(C)=NC(=O)NC1c1ccc(Cl)c(Cl)c1. The fraction of sp³-hybridized carbons (Fsp3) is 0.400. The van der Waals surface area contributed by atoms with E-state index in [4.69, 9.17) is 32.7 Å². The van der Waals surface area contributed by atoms with E-state index in [0.29, 0.717) is 27.9 Å². The molecule has 2 rings (SSSR count). The van der Waals surface area contributed by atoms with E-state index < -0.39 is 24.0 Å². The standard InChI is InChI=1S/C15H16Cl2N2O4/c1-8-12(14(20)23-6-5-22-2)13(19-15(21)18-8)9-3-4-10(16)11(17)7-9/h3-4,7,12-13H,5-6H2,1-2H3,(H,19,21). The van der Waals surface area contributed by atoms with Crippen LogP contribution in [0.1, 0.15) is 18.5 Å². The normalized spacial score (nSPS) is 20.7. The second kappa shape index (κ2) is 7.77. The van der Waals surface area contributed by atoms with Crippen LogP contribution in [0.25, 0.3) is 0 Å². The van der Waals surface area contributed by atoms with Gasteiger partial charge in [0.1, 0.15) is 12.5 Å². The summed E-state index contributed by atoms with van der Waals surface area (Å²) in [5.74, 6) is -1.22. The predicted octanol–water partition coefficient (Wildman–Crippen LogP) is 3.02. The van der Waals surface area contributed by atoms with E-state index in [1.54, 1.807) is 25.1 Å². The molecule has 0 saturated carbocycles. The van der Waals surface area contributed by atoms with Crippen molar-refractivity contribution < 1.29 is 19.1 Å². The number of carbonyl (C=O) groups excluding carboxylic acids is 2. The first kappa shape index (κ1) is 17.7. The number of nitrogens with zero attached hydrogens (tertiary/aromatic N) is 1. The average molecular weight is 359 g/mol. The summed E-state index contributed by atoms with van der Waals surface area (Å²) in [4.78, 5) is 27.9. The van der Waals surface area contributed by atoms with Crippen LogP contribution < -0.4 is 5.32 Å². The van der Waals surface area contributed by atoms with Gasteiger partial charge < -0.3 is 14.8 Å². The molecule has 0 radical (unpaired) electrons. The van der Waals surface area contributed by atoms with Crippen LogP contribution in [-0.4, -0.2) is 38.0 Å². The molecular formula is C15H16Cl2N2O4. The highest BCUT2D eigenvalue weighted by molar-refractivity contribution is 6.42. The molecule has 1 N–H and O–H groups in total. The number of hydrogen-bond acceptors (Lipinski definition) is 4. The van der Waals surface area contributed by atoms with Gasteiger partial charge in [0.2, 0.25) is 0 Å². The number of benzene rings is 1. The van der Waals surface area contributed by atoms with Crippen molar-refractivity contribution in [3.63, 3.8) is 0 Å². The second-order valence-electron chi connectivity index (χ2n) is 4.99. The lowest BCUT2D eigenvalue weighted by Crippen LogP contribution is -2.44. The molecule has 2 unspecified atom stereocenters. The number of ether oxygens (including phenoxy) is 2. The minimum absolute atomic E-state index is 0.126. The number of halogens is 2. The highest BCUT2D eigenvalue weighted by atomic mass is 35.5. The molecule has 0 saturated heterocycles. The molecule has 8 heteroatoms. The van der Waals surface area contributed by atoms with Gasteiger partial charge in [0.15, 0.2) is 0 Å². The molecule has 0 bridgehead atoms. The van der Waals surface area contributed by atoms with Gasteiger partial charge >= 0.3 is 12.0 Å². The largest absolute Gasteiger partial charge is 0.463 e. The van der Waals surface area contributed by atoms with Crippen LogP contribution in [0.2, 0.25) is 10.0 Å². The van der Waals surface area contributed by atoms with Crippen LogP contribution in [0.3, 0.4) is 0 Å². The lowest BCUT2D eigenvalue weighted by Gasteiger charge is -2.29. The van der Waals surface area contributed by atoms with Gasteiger partial charge in [0, 0.05) is 12.8 Å². The van der Waals surface area contributed by atoms with Crippen LogP contribution in [0.5, 0.6) is 0 Å². The number of hydrogen-bond donors (Lipinski definition) is 1. The highest BCUT2D eigenvalue weighted by Crippen LogP contribution is 2.32. The van der Waals surface area contributed by atoms with Gasteiger partial charge in [-0.3, -0.25) is 4.79 Å². The summed E-state index contributed by atoms with van der Waals surface area (Å²) in [5, 5.41) is 3.40. The molecule has 0 aliphatic carbocycles. The van der Waals surface area contributed by atoms with E-state index in [1.807, 2.05) is 0 Å². The van der Waals surface area contributed by atoms with Crippen molar-refractivity contribution in [3.8, 4) is 0 Å². The number of methoxy groups -OCH3 is 1. The Morgan fingerprint density at radius 3 is 2.70 bits per heavy atom. The number of aliphatic imine (C=N–C) groups is 1. The van der Waals surface area contributed by atoms with E-state index in [0.717, 1.165) is 0 Å². The maximum absolute atomic E-state index is 12.4. The van der Waals surface area contributed by atoms with Crippen molar-refractivity contribution in [1.29, 1.82) is 0 Å². The molecule has 1 aliphatic rings. The molecular weight excluding hydrogens is 343 g/mol. The van der Waals surface area contributed by atoms with Crippen LogP contribution in [0.4, 0.5) is 4.79 Å². The monoisotopic (exact) mass is 358 g/mol. The van der Waals surface area contributed by atoms with Crippen molar-refractivity contribution in [3.05, 3.63) is 33.8 Å². The summed E-state index contributed by atoms with van der Waals surface area (Å²) < 4.78 is 10.0. The fourth-order valence-electron chi connectivity index (χ4n) is 2.32. The lowest BCUT2D eigenvalue weighted by atomic mass is 9.88. The third-order valence-corrected chi connectivity index (χ3v) is 4.17. The Hall–Kier alpha value is -1.63. The summed E-state index contributed by atoms with van der Waals surface area (Å²) in [5.41, 5.74) is 1.03. The predicted molar refractivity (Wildman–Crippen MR) is 87.2 cm³/mol. The molecule has 2 amide bonds. The Bertz CT molecular complexity index is 648. The topological polar surface area (TPSA) is 77.0 Å². The van der Waals surface area contributed by atoms with Gasteiger partial charge in [0.05, 0.1) is 22.7 Å². The van der Waals surface area contributed by atoms with Gasteiger partial charge in [-0.15, -0.1) is 0 Å². The smallest absolute Gasteiger partial charge is 0.341 e. The van der Waals surface area contributed by atoms with E-state index in [9.17, 15) is 9.59 Å². The first-order chi connectivity index (χ1) is 10.9. The molecule has 1 heterocycles. The quantitative estimate of drug-likeness (QED) is 0.648. The molecule has 0 spiro atoms. The van der Waals surface area contributed by atoms with E-state index in [-0.39, 0.29) is 6.61 Å². The summed E-state index contributed by atoms with van der Waals surface area (Å²) in [7, 11) is 1.51. The molecule has 0 aromatic heterocycles. The number of urea groups is 1.